The van der Waals surface area contributed by atoms with Crippen LogP contribution in [0.25, 0.3) is 0 Å². The second kappa shape index (κ2) is 9.17. The fraction of sp³-hybridized carbons (Fsp3) is 0.321. The number of fused-ring (bicyclic) bond motifs is 1. The average molecular weight is 427 g/mol. The van der Waals surface area contributed by atoms with Crippen molar-refractivity contribution in [2.75, 3.05) is 18.0 Å². The fourth-order valence-electron chi connectivity index (χ4n) is 4.98. The molecule has 1 unspecified atom stereocenters. The molecule has 4 heteroatoms. The molecule has 2 aliphatic rings. The maximum absolute atomic E-state index is 13.3. The van der Waals surface area contributed by atoms with Gasteiger partial charge in [0.15, 0.2) is 0 Å². The third kappa shape index (κ3) is 4.42. The molecule has 2 aliphatic heterocycles. The number of nitrogens with zero attached hydrogens (tertiary/aromatic N) is 2. The zero-order chi connectivity index (χ0) is 21.9. The molecule has 3 aromatic rings. The molecule has 0 radical (unpaired) electrons. The van der Waals surface area contributed by atoms with Crippen LogP contribution < -0.4 is 4.90 Å². The Labute approximate surface area is 190 Å². The second-order valence-electron chi connectivity index (χ2n) is 8.96. The van der Waals surface area contributed by atoms with Crippen molar-refractivity contribution < 1.29 is 9.53 Å². The van der Waals surface area contributed by atoms with Gasteiger partial charge in [0.1, 0.15) is 12.1 Å². The molecule has 2 heterocycles. The van der Waals surface area contributed by atoms with Gasteiger partial charge in [-0.15, -0.1) is 0 Å². The van der Waals surface area contributed by atoms with Crippen LogP contribution in [-0.2, 0) is 22.5 Å². The van der Waals surface area contributed by atoms with Crippen LogP contribution in [-0.4, -0.2) is 36.1 Å². The fourth-order valence-corrected chi connectivity index (χ4v) is 4.98. The Bertz CT molecular complexity index is 1070. The van der Waals surface area contributed by atoms with Crippen molar-refractivity contribution >= 4 is 17.3 Å². The van der Waals surface area contributed by atoms with E-state index in [0.29, 0.717) is 6.42 Å². The molecular weight excluding hydrogens is 396 g/mol. The van der Waals surface area contributed by atoms with Crippen molar-refractivity contribution in [1.82, 2.24) is 4.90 Å². The number of hydrogen-bond acceptors (Lipinski definition) is 4. The number of likely N-dealkylation sites (tertiary alicyclic amines) is 1. The van der Waals surface area contributed by atoms with Crippen LogP contribution in [0.1, 0.15) is 29.5 Å². The molecule has 0 spiro atoms. The molecule has 0 aliphatic carbocycles. The van der Waals surface area contributed by atoms with Gasteiger partial charge in [0, 0.05) is 37.4 Å². The number of carbonyl (C=O) groups is 1. The van der Waals surface area contributed by atoms with Crippen LogP contribution in [0, 0.1) is 6.92 Å². The number of para-hydroxylation sites is 2. The van der Waals surface area contributed by atoms with E-state index in [1.54, 1.807) is 0 Å². The van der Waals surface area contributed by atoms with Gasteiger partial charge in [-0.05, 0) is 49.1 Å². The Morgan fingerprint density at radius 2 is 1.69 bits per heavy atom. The molecule has 0 amide bonds. The summed E-state index contributed by atoms with van der Waals surface area (Å²) in [6, 6.07) is 26.8. The van der Waals surface area contributed by atoms with E-state index in [1.807, 2.05) is 30.3 Å². The number of hydrogen-bond donors (Lipinski definition) is 0. The summed E-state index contributed by atoms with van der Waals surface area (Å²) in [5.41, 5.74) is 5.99. The minimum absolute atomic E-state index is 0.00223. The molecule has 1 fully saturated rings. The third-order valence-corrected chi connectivity index (χ3v) is 6.59. The van der Waals surface area contributed by atoms with E-state index in [-0.39, 0.29) is 18.1 Å². The summed E-state index contributed by atoms with van der Waals surface area (Å²) in [5, 5.41) is 0. The predicted octanol–water partition coefficient (Wildman–Crippen LogP) is 5.27. The van der Waals surface area contributed by atoms with E-state index in [9.17, 15) is 4.79 Å². The van der Waals surface area contributed by atoms with Gasteiger partial charge in [0.2, 0.25) is 0 Å². The lowest BCUT2D eigenvalue weighted by Gasteiger charge is -2.33. The van der Waals surface area contributed by atoms with Crippen molar-refractivity contribution in [2.45, 2.75) is 44.9 Å². The summed E-state index contributed by atoms with van der Waals surface area (Å²) in [7, 11) is 0. The number of aryl methyl sites for hydroxylation is 1. The van der Waals surface area contributed by atoms with Crippen LogP contribution in [0.5, 0.6) is 0 Å². The molecule has 164 valence electrons. The smallest absolute Gasteiger partial charge is 0.329 e. The first-order valence-corrected chi connectivity index (χ1v) is 11.6. The SMILES string of the molecule is Cc1cccc(CN2CCC(OC(=O)C3Cc4ccccc4N3c3ccccc3)CC2)c1. The quantitative estimate of drug-likeness (QED) is 0.521. The monoisotopic (exact) mass is 426 g/mol. The summed E-state index contributed by atoms with van der Waals surface area (Å²) in [4.78, 5) is 17.9. The minimum atomic E-state index is -0.305. The van der Waals surface area contributed by atoms with Crippen LogP contribution in [0.3, 0.4) is 0 Å². The maximum Gasteiger partial charge on any atom is 0.329 e. The van der Waals surface area contributed by atoms with Gasteiger partial charge >= 0.3 is 5.97 Å². The topological polar surface area (TPSA) is 32.8 Å². The Morgan fingerprint density at radius 3 is 2.47 bits per heavy atom. The normalized spacial score (nSPS) is 19.0. The van der Waals surface area contributed by atoms with Gasteiger partial charge in [-0.3, -0.25) is 4.90 Å². The van der Waals surface area contributed by atoms with Gasteiger partial charge in [-0.2, -0.15) is 0 Å². The molecule has 3 aromatic carbocycles. The van der Waals surface area contributed by atoms with Crippen LogP contribution in [0.4, 0.5) is 11.4 Å². The van der Waals surface area contributed by atoms with Crippen molar-refractivity contribution in [3.63, 3.8) is 0 Å². The number of rotatable bonds is 5. The van der Waals surface area contributed by atoms with Gasteiger partial charge < -0.3 is 9.64 Å². The second-order valence-corrected chi connectivity index (χ2v) is 8.96. The van der Waals surface area contributed by atoms with Crippen LogP contribution >= 0.6 is 0 Å². The van der Waals surface area contributed by atoms with E-state index < -0.39 is 0 Å². The first kappa shape index (κ1) is 20.8. The molecule has 1 atom stereocenters. The van der Waals surface area contributed by atoms with Crippen molar-refractivity contribution in [1.29, 1.82) is 0 Å². The Kier molecular flexibility index (Phi) is 5.95. The molecular formula is C28H30N2O2. The standard InChI is InChI=1S/C28H30N2O2/c1-21-8-7-9-22(18-21)20-29-16-14-25(15-17-29)32-28(31)27-19-23-10-5-6-13-26(23)30(27)24-11-3-2-4-12-24/h2-13,18,25,27H,14-17,19-20H2,1H3. The van der Waals surface area contributed by atoms with E-state index in [0.717, 1.165) is 43.9 Å². The minimum Gasteiger partial charge on any atom is -0.461 e. The number of ether oxygens (including phenoxy) is 1. The van der Waals surface area contributed by atoms with E-state index >= 15 is 0 Å². The zero-order valence-corrected chi connectivity index (χ0v) is 18.6. The summed E-state index contributed by atoms with van der Waals surface area (Å²) in [6.45, 7) is 5.01. The van der Waals surface area contributed by atoms with E-state index in [1.165, 1.54) is 16.7 Å². The highest BCUT2D eigenvalue weighted by Gasteiger charge is 2.37. The summed E-state index contributed by atoms with van der Waals surface area (Å²) in [6.07, 6.45) is 2.47. The molecule has 4 nitrogen and oxygen atoms in total. The van der Waals surface area contributed by atoms with Gasteiger partial charge in [0.05, 0.1) is 0 Å². The van der Waals surface area contributed by atoms with Crippen molar-refractivity contribution in [3.05, 3.63) is 95.6 Å². The Balaban J connectivity index is 1.22. The molecule has 0 bridgehead atoms. The summed E-state index contributed by atoms with van der Waals surface area (Å²) < 4.78 is 6.07. The van der Waals surface area contributed by atoms with E-state index in [4.69, 9.17) is 4.74 Å². The number of benzene rings is 3. The lowest BCUT2D eigenvalue weighted by atomic mass is 10.1. The molecule has 32 heavy (non-hydrogen) atoms. The zero-order valence-electron chi connectivity index (χ0n) is 18.6. The molecule has 0 aromatic heterocycles. The highest BCUT2D eigenvalue weighted by Crippen LogP contribution is 2.38. The largest absolute Gasteiger partial charge is 0.461 e. The lowest BCUT2D eigenvalue weighted by molar-refractivity contribution is -0.152. The summed E-state index contributed by atoms with van der Waals surface area (Å²) in [5.74, 6) is -0.109. The lowest BCUT2D eigenvalue weighted by Crippen LogP contribution is -2.42. The van der Waals surface area contributed by atoms with Gasteiger partial charge in [-0.25, -0.2) is 4.79 Å². The number of esters is 1. The first-order valence-electron chi connectivity index (χ1n) is 11.6. The third-order valence-electron chi connectivity index (χ3n) is 6.59. The number of piperidine rings is 1. The maximum atomic E-state index is 13.3. The van der Waals surface area contributed by atoms with Crippen LogP contribution in [0.15, 0.2) is 78.9 Å². The van der Waals surface area contributed by atoms with E-state index in [2.05, 4.69) is 65.3 Å². The first-order chi connectivity index (χ1) is 15.7. The molecule has 0 saturated carbocycles. The number of anilines is 2. The Hall–Kier alpha value is -3.11. The highest BCUT2D eigenvalue weighted by molar-refractivity contribution is 5.88. The predicted molar refractivity (Wildman–Crippen MR) is 128 cm³/mol. The van der Waals surface area contributed by atoms with Crippen molar-refractivity contribution in [2.24, 2.45) is 0 Å². The average Bonchev–Trinajstić information content (AvgIpc) is 3.21. The Morgan fingerprint density at radius 1 is 0.938 bits per heavy atom. The van der Waals surface area contributed by atoms with Crippen LogP contribution in [0.2, 0.25) is 0 Å². The van der Waals surface area contributed by atoms with Gasteiger partial charge in [-0.1, -0.05) is 66.2 Å². The summed E-state index contributed by atoms with van der Waals surface area (Å²) >= 11 is 0. The molecule has 1 saturated heterocycles. The van der Waals surface area contributed by atoms with Crippen molar-refractivity contribution in [3.8, 4) is 0 Å². The molecule has 5 rings (SSSR count). The molecule has 0 N–H and O–H groups in total. The highest BCUT2D eigenvalue weighted by atomic mass is 16.5. The number of carbonyl (C=O) groups excluding carboxylic acids is 1. The van der Waals surface area contributed by atoms with Gasteiger partial charge in [0.25, 0.3) is 0 Å².